The van der Waals surface area contributed by atoms with Gasteiger partial charge in [0.25, 0.3) is 0 Å². The maximum atomic E-state index is 12.3. The molecular weight excluding hydrogens is 270 g/mol. The predicted octanol–water partition coefficient (Wildman–Crippen LogP) is 0.898. The van der Waals surface area contributed by atoms with Crippen LogP contribution in [0.5, 0.6) is 0 Å². The zero-order valence-electron chi connectivity index (χ0n) is 12.8. The molecule has 4 N–H and O–H groups in total. The monoisotopic (exact) mass is 293 g/mol. The van der Waals surface area contributed by atoms with Crippen molar-refractivity contribution in [1.82, 2.24) is 4.90 Å². The van der Waals surface area contributed by atoms with Gasteiger partial charge in [0.15, 0.2) is 0 Å². The topological polar surface area (TPSA) is 98.6 Å². The number of hydrogen-bond acceptors (Lipinski definition) is 4. The molecule has 0 unspecified atom stereocenters. The molecule has 1 aromatic carbocycles. The van der Waals surface area contributed by atoms with Gasteiger partial charge < -0.3 is 21.1 Å². The van der Waals surface area contributed by atoms with Crippen LogP contribution in [0.4, 0.5) is 5.69 Å². The van der Waals surface area contributed by atoms with Gasteiger partial charge in [0.2, 0.25) is 11.8 Å². The quantitative estimate of drug-likeness (QED) is 0.730. The molecule has 2 amide bonds. The highest BCUT2D eigenvalue weighted by Crippen LogP contribution is 2.17. The Morgan fingerprint density at radius 1 is 1.33 bits per heavy atom. The smallest absolute Gasteiger partial charge is 0.237 e. The van der Waals surface area contributed by atoms with Crippen LogP contribution >= 0.6 is 0 Å². The number of nitrogens with zero attached hydrogens (tertiary/aromatic N) is 1. The Morgan fingerprint density at radius 2 is 2.00 bits per heavy atom. The van der Waals surface area contributed by atoms with E-state index in [2.05, 4.69) is 0 Å². The minimum atomic E-state index is -0.595. The molecule has 0 radical (unpaired) electrons. The SMILES string of the molecule is COC(C)(C)CC(=O)N(CC(N)=O)Cc1cccc(N)c1. The first-order valence-electron chi connectivity index (χ1n) is 6.69. The van der Waals surface area contributed by atoms with Crippen LogP contribution in [0.25, 0.3) is 0 Å². The number of ether oxygens (including phenoxy) is 1. The number of rotatable bonds is 7. The minimum absolute atomic E-state index is 0.132. The predicted molar refractivity (Wildman–Crippen MR) is 81.2 cm³/mol. The average molecular weight is 293 g/mol. The van der Waals surface area contributed by atoms with Crippen molar-refractivity contribution >= 4 is 17.5 Å². The van der Waals surface area contributed by atoms with E-state index in [4.69, 9.17) is 16.2 Å². The van der Waals surface area contributed by atoms with Crippen molar-refractivity contribution in [3.63, 3.8) is 0 Å². The molecule has 0 heterocycles. The summed E-state index contributed by atoms with van der Waals surface area (Å²) in [5.74, 6) is -0.745. The van der Waals surface area contributed by atoms with E-state index in [-0.39, 0.29) is 25.4 Å². The largest absolute Gasteiger partial charge is 0.399 e. The first-order chi connectivity index (χ1) is 9.73. The Hall–Kier alpha value is -2.08. The van der Waals surface area contributed by atoms with Crippen LogP contribution < -0.4 is 11.5 Å². The maximum Gasteiger partial charge on any atom is 0.237 e. The number of nitrogens with two attached hydrogens (primary N) is 2. The van der Waals surface area contributed by atoms with Crippen molar-refractivity contribution in [3.05, 3.63) is 29.8 Å². The highest BCUT2D eigenvalue weighted by atomic mass is 16.5. The molecule has 0 aliphatic rings. The standard InChI is InChI=1S/C15H23N3O3/c1-15(2,21-3)8-14(20)18(10-13(17)19)9-11-5-4-6-12(16)7-11/h4-7H,8-10,16H2,1-3H3,(H2,17,19). The lowest BCUT2D eigenvalue weighted by atomic mass is 10.0. The second kappa shape index (κ2) is 7.08. The highest BCUT2D eigenvalue weighted by molar-refractivity contribution is 5.84. The summed E-state index contributed by atoms with van der Waals surface area (Å²) < 4.78 is 5.25. The molecule has 6 heteroatoms. The van der Waals surface area contributed by atoms with Gasteiger partial charge in [-0.15, -0.1) is 0 Å². The number of carbonyl (C=O) groups excluding carboxylic acids is 2. The lowest BCUT2D eigenvalue weighted by Gasteiger charge is -2.27. The lowest BCUT2D eigenvalue weighted by Crippen LogP contribution is -2.41. The number of anilines is 1. The van der Waals surface area contributed by atoms with Crippen molar-refractivity contribution < 1.29 is 14.3 Å². The molecule has 0 aliphatic heterocycles. The van der Waals surface area contributed by atoms with Crippen molar-refractivity contribution in [2.75, 3.05) is 19.4 Å². The minimum Gasteiger partial charge on any atom is -0.399 e. The molecule has 21 heavy (non-hydrogen) atoms. The summed E-state index contributed by atoms with van der Waals surface area (Å²) in [6, 6.07) is 7.18. The number of nitrogen functional groups attached to an aromatic ring is 1. The Kier molecular flexibility index (Phi) is 5.72. The van der Waals surface area contributed by atoms with Gasteiger partial charge in [0.1, 0.15) is 0 Å². The van der Waals surface area contributed by atoms with Gasteiger partial charge in [0, 0.05) is 19.3 Å². The summed E-state index contributed by atoms with van der Waals surface area (Å²) in [6.45, 7) is 3.78. The van der Waals surface area contributed by atoms with Gasteiger partial charge in [0.05, 0.1) is 18.6 Å². The van der Waals surface area contributed by atoms with Gasteiger partial charge >= 0.3 is 0 Å². The van der Waals surface area contributed by atoms with Crippen molar-refractivity contribution in [2.45, 2.75) is 32.4 Å². The van der Waals surface area contributed by atoms with E-state index < -0.39 is 11.5 Å². The Bertz CT molecular complexity index is 515. The molecule has 0 aromatic heterocycles. The van der Waals surface area contributed by atoms with Crippen molar-refractivity contribution in [2.24, 2.45) is 5.73 Å². The molecule has 0 spiro atoms. The summed E-state index contributed by atoms with van der Waals surface area (Å²) in [5, 5.41) is 0. The van der Waals surface area contributed by atoms with E-state index in [1.807, 2.05) is 19.9 Å². The molecule has 0 saturated carbocycles. The Balaban J connectivity index is 2.85. The lowest BCUT2D eigenvalue weighted by molar-refractivity contribution is -0.140. The normalized spacial score (nSPS) is 11.2. The number of primary amides is 1. The molecule has 6 nitrogen and oxygen atoms in total. The summed E-state index contributed by atoms with van der Waals surface area (Å²) >= 11 is 0. The fraction of sp³-hybridized carbons (Fsp3) is 0.467. The van der Waals surface area contributed by atoms with Crippen LogP contribution in [0.15, 0.2) is 24.3 Å². The third-order valence-electron chi connectivity index (χ3n) is 3.15. The second-order valence-corrected chi connectivity index (χ2v) is 5.60. The number of amides is 2. The fourth-order valence-electron chi connectivity index (χ4n) is 1.88. The van der Waals surface area contributed by atoms with Crippen LogP contribution in [0, 0.1) is 0 Å². The van der Waals surface area contributed by atoms with E-state index in [1.54, 1.807) is 25.3 Å². The molecule has 0 aliphatic carbocycles. The van der Waals surface area contributed by atoms with Gasteiger partial charge in [-0.2, -0.15) is 0 Å². The Morgan fingerprint density at radius 3 is 2.52 bits per heavy atom. The molecular formula is C15H23N3O3. The van der Waals surface area contributed by atoms with Gasteiger partial charge in [-0.1, -0.05) is 12.1 Å². The third-order valence-corrected chi connectivity index (χ3v) is 3.15. The average Bonchev–Trinajstić information content (AvgIpc) is 2.37. The van der Waals surface area contributed by atoms with Crippen LogP contribution in [-0.4, -0.2) is 36.0 Å². The van der Waals surface area contributed by atoms with E-state index in [0.29, 0.717) is 5.69 Å². The summed E-state index contributed by atoms with van der Waals surface area (Å²) in [5.41, 5.74) is 11.8. The van der Waals surface area contributed by atoms with Crippen molar-refractivity contribution in [1.29, 1.82) is 0 Å². The zero-order chi connectivity index (χ0) is 16.0. The zero-order valence-corrected chi connectivity index (χ0v) is 12.8. The first-order valence-corrected chi connectivity index (χ1v) is 6.69. The number of methoxy groups -OCH3 is 1. The summed E-state index contributed by atoms with van der Waals surface area (Å²) in [4.78, 5) is 24.9. The summed E-state index contributed by atoms with van der Waals surface area (Å²) in [6.07, 6.45) is 0.166. The van der Waals surface area contributed by atoms with E-state index in [9.17, 15) is 9.59 Å². The van der Waals surface area contributed by atoms with E-state index >= 15 is 0 Å². The number of benzene rings is 1. The molecule has 0 saturated heterocycles. The van der Waals surface area contributed by atoms with Crippen LogP contribution in [0.1, 0.15) is 25.8 Å². The van der Waals surface area contributed by atoms with E-state index in [1.165, 1.54) is 4.90 Å². The first kappa shape index (κ1) is 17.0. The molecule has 0 bridgehead atoms. The van der Waals surface area contributed by atoms with Crippen LogP contribution in [-0.2, 0) is 20.9 Å². The second-order valence-electron chi connectivity index (χ2n) is 5.60. The number of hydrogen-bond donors (Lipinski definition) is 2. The number of carbonyl (C=O) groups is 2. The van der Waals surface area contributed by atoms with Crippen LogP contribution in [0.2, 0.25) is 0 Å². The van der Waals surface area contributed by atoms with Gasteiger partial charge in [-0.3, -0.25) is 9.59 Å². The fourth-order valence-corrected chi connectivity index (χ4v) is 1.88. The third kappa shape index (κ3) is 5.83. The van der Waals surface area contributed by atoms with Crippen molar-refractivity contribution in [3.8, 4) is 0 Å². The maximum absolute atomic E-state index is 12.3. The molecule has 0 fully saturated rings. The summed E-state index contributed by atoms with van der Waals surface area (Å²) in [7, 11) is 1.55. The van der Waals surface area contributed by atoms with Crippen LogP contribution in [0.3, 0.4) is 0 Å². The Labute approximate surface area is 125 Å². The molecule has 1 rings (SSSR count). The molecule has 116 valence electrons. The molecule has 0 atom stereocenters. The van der Waals surface area contributed by atoms with Gasteiger partial charge in [-0.25, -0.2) is 0 Å². The van der Waals surface area contributed by atoms with E-state index in [0.717, 1.165) is 5.56 Å². The molecule has 1 aromatic rings. The highest BCUT2D eigenvalue weighted by Gasteiger charge is 2.25. The van der Waals surface area contributed by atoms with Gasteiger partial charge in [-0.05, 0) is 31.5 Å².